The highest BCUT2D eigenvalue weighted by Gasteiger charge is 2.16. The second-order valence-electron chi connectivity index (χ2n) is 4.82. The first-order valence-electron chi connectivity index (χ1n) is 6.42. The summed E-state index contributed by atoms with van der Waals surface area (Å²) in [6, 6.07) is 12.4. The molecule has 0 amide bonds. The molecule has 0 fully saturated rings. The summed E-state index contributed by atoms with van der Waals surface area (Å²) in [6.45, 7) is 5.27. The Kier molecular flexibility index (Phi) is 3.03. The monoisotopic (exact) mass is 255 g/mol. The molecule has 2 aromatic carbocycles. The third-order valence-electron chi connectivity index (χ3n) is 3.33. The number of anilines is 1. The molecule has 1 aliphatic heterocycles. The van der Waals surface area contributed by atoms with Crippen LogP contribution in [-0.2, 0) is 6.54 Å². The average molecular weight is 255 g/mol. The molecule has 1 aliphatic rings. The zero-order valence-electron chi connectivity index (χ0n) is 11.2. The smallest absolute Gasteiger partial charge is 0.231 e. The molecule has 0 radical (unpaired) electrons. The molecule has 3 heteroatoms. The first kappa shape index (κ1) is 11.9. The lowest BCUT2D eigenvalue weighted by Crippen LogP contribution is -2.02. The average Bonchev–Trinajstić information content (AvgIpc) is 2.86. The van der Waals surface area contributed by atoms with Crippen LogP contribution in [0.1, 0.15) is 16.7 Å². The maximum atomic E-state index is 5.51. The normalized spacial score (nSPS) is 12.5. The number of ether oxygens (including phenoxy) is 2. The predicted octanol–water partition coefficient (Wildman–Crippen LogP) is 3.64. The van der Waals surface area contributed by atoms with Crippen molar-refractivity contribution in [3.05, 3.63) is 53.1 Å². The quantitative estimate of drug-likeness (QED) is 0.908. The number of para-hydroxylation sites is 1. The Bertz CT molecular complexity index is 608. The van der Waals surface area contributed by atoms with E-state index in [0.29, 0.717) is 6.79 Å². The molecule has 0 spiro atoms. The summed E-state index contributed by atoms with van der Waals surface area (Å²) < 4.78 is 10.9. The van der Waals surface area contributed by atoms with Crippen LogP contribution >= 0.6 is 0 Å². The van der Waals surface area contributed by atoms with Gasteiger partial charge in [-0.25, -0.2) is 0 Å². The summed E-state index contributed by atoms with van der Waals surface area (Å²) in [5.41, 5.74) is 4.81. The molecule has 0 aliphatic carbocycles. The Morgan fingerprint density at radius 3 is 2.84 bits per heavy atom. The van der Waals surface area contributed by atoms with E-state index >= 15 is 0 Å². The van der Waals surface area contributed by atoms with E-state index < -0.39 is 0 Å². The van der Waals surface area contributed by atoms with Crippen molar-refractivity contribution < 1.29 is 9.47 Å². The number of hydrogen-bond donors (Lipinski definition) is 1. The molecule has 19 heavy (non-hydrogen) atoms. The van der Waals surface area contributed by atoms with Crippen LogP contribution in [0.25, 0.3) is 0 Å². The van der Waals surface area contributed by atoms with Gasteiger partial charge in [0.1, 0.15) is 0 Å². The summed E-state index contributed by atoms with van der Waals surface area (Å²) >= 11 is 0. The summed E-state index contributed by atoms with van der Waals surface area (Å²) in [5, 5.41) is 3.45. The Balaban J connectivity index is 1.78. The highest BCUT2D eigenvalue weighted by molar-refractivity contribution is 5.54. The Morgan fingerprint density at radius 2 is 2.00 bits per heavy atom. The van der Waals surface area contributed by atoms with E-state index in [1.807, 2.05) is 12.1 Å². The largest absolute Gasteiger partial charge is 0.454 e. The Morgan fingerprint density at radius 1 is 1.11 bits per heavy atom. The third-order valence-corrected chi connectivity index (χ3v) is 3.33. The van der Waals surface area contributed by atoms with Crippen molar-refractivity contribution in [2.75, 3.05) is 12.1 Å². The molecule has 1 N–H and O–H groups in total. The SMILES string of the molecule is Cc1ccc(NCc2cccc3c2OCO3)c(C)c1. The van der Waals surface area contributed by atoms with E-state index in [-0.39, 0.29) is 0 Å². The van der Waals surface area contributed by atoms with Gasteiger partial charge in [0.05, 0.1) is 0 Å². The zero-order chi connectivity index (χ0) is 13.2. The van der Waals surface area contributed by atoms with Crippen molar-refractivity contribution in [3.8, 4) is 11.5 Å². The topological polar surface area (TPSA) is 30.5 Å². The molecule has 0 aromatic heterocycles. The minimum absolute atomic E-state index is 0.315. The molecule has 3 nitrogen and oxygen atoms in total. The molecule has 0 unspecified atom stereocenters. The van der Waals surface area contributed by atoms with Crippen molar-refractivity contribution in [3.63, 3.8) is 0 Å². The standard InChI is InChI=1S/C16H17NO2/c1-11-6-7-14(12(2)8-11)17-9-13-4-3-5-15-16(13)19-10-18-15/h3-8,17H,9-10H2,1-2H3. The van der Waals surface area contributed by atoms with Gasteiger partial charge in [-0.3, -0.25) is 0 Å². The highest BCUT2D eigenvalue weighted by Crippen LogP contribution is 2.35. The Labute approximate surface area is 113 Å². The molecule has 1 heterocycles. The van der Waals surface area contributed by atoms with Crippen molar-refractivity contribution in [2.24, 2.45) is 0 Å². The number of nitrogens with one attached hydrogen (secondary N) is 1. The van der Waals surface area contributed by atoms with Crippen LogP contribution in [0.3, 0.4) is 0 Å². The maximum absolute atomic E-state index is 5.51. The van der Waals surface area contributed by atoms with E-state index in [4.69, 9.17) is 9.47 Å². The summed E-state index contributed by atoms with van der Waals surface area (Å²) in [5.74, 6) is 1.69. The van der Waals surface area contributed by atoms with Crippen LogP contribution in [0.15, 0.2) is 36.4 Å². The fraction of sp³-hybridized carbons (Fsp3) is 0.250. The van der Waals surface area contributed by atoms with E-state index in [9.17, 15) is 0 Å². The van der Waals surface area contributed by atoms with Crippen molar-refractivity contribution >= 4 is 5.69 Å². The highest BCUT2D eigenvalue weighted by atomic mass is 16.7. The van der Waals surface area contributed by atoms with Crippen molar-refractivity contribution in [1.82, 2.24) is 0 Å². The minimum atomic E-state index is 0.315. The van der Waals surface area contributed by atoms with Gasteiger partial charge >= 0.3 is 0 Å². The van der Waals surface area contributed by atoms with Gasteiger partial charge in [-0.05, 0) is 31.5 Å². The number of aryl methyl sites for hydroxylation is 2. The lowest BCUT2D eigenvalue weighted by Gasteiger charge is -2.11. The van der Waals surface area contributed by atoms with Gasteiger partial charge in [0, 0.05) is 17.8 Å². The van der Waals surface area contributed by atoms with Crippen molar-refractivity contribution in [1.29, 1.82) is 0 Å². The molecule has 0 bridgehead atoms. The molecule has 0 saturated heterocycles. The van der Waals surface area contributed by atoms with Gasteiger partial charge in [-0.2, -0.15) is 0 Å². The van der Waals surface area contributed by atoms with Crippen molar-refractivity contribution in [2.45, 2.75) is 20.4 Å². The fourth-order valence-electron chi connectivity index (χ4n) is 2.33. The molecule has 0 atom stereocenters. The molecule has 2 aromatic rings. The van der Waals surface area contributed by atoms with E-state index in [0.717, 1.165) is 29.3 Å². The van der Waals surface area contributed by atoms with Crippen LogP contribution in [0.5, 0.6) is 11.5 Å². The third kappa shape index (κ3) is 2.36. The number of hydrogen-bond acceptors (Lipinski definition) is 3. The molecule has 3 rings (SSSR count). The Hall–Kier alpha value is -2.16. The van der Waals surface area contributed by atoms with Gasteiger partial charge < -0.3 is 14.8 Å². The van der Waals surface area contributed by atoms with Gasteiger partial charge in [-0.15, -0.1) is 0 Å². The lowest BCUT2D eigenvalue weighted by atomic mass is 10.1. The van der Waals surface area contributed by atoms with E-state index in [1.54, 1.807) is 0 Å². The van der Waals surface area contributed by atoms with E-state index in [1.165, 1.54) is 11.1 Å². The first-order valence-corrected chi connectivity index (χ1v) is 6.42. The fourth-order valence-corrected chi connectivity index (χ4v) is 2.33. The predicted molar refractivity (Wildman–Crippen MR) is 75.8 cm³/mol. The second-order valence-corrected chi connectivity index (χ2v) is 4.82. The van der Waals surface area contributed by atoms with Gasteiger partial charge in [-0.1, -0.05) is 29.8 Å². The first-order chi connectivity index (χ1) is 9.24. The van der Waals surface area contributed by atoms with Gasteiger partial charge in [0.15, 0.2) is 11.5 Å². The lowest BCUT2D eigenvalue weighted by molar-refractivity contribution is 0.173. The molecule has 0 saturated carbocycles. The van der Waals surface area contributed by atoms with Crippen LogP contribution in [-0.4, -0.2) is 6.79 Å². The van der Waals surface area contributed by atoms with Crippen LogP contribution in [0.4, 0.5) is 5.69 Å². The number of fused-ring (bicyclic) bond motifs is 1. The van der Waals surface area contributed by atoms with E-state index in [2.05, 4.69) is 43.4 Å². The maximum Gasteiger partial charge on any atom is 0.231 e. The molecular formula is C16H17NO2. The van der Waals surface area contributed by atoms with Crippen LogP contribution < -0.4 is 14.8 Å². The van der Waals surface area contributed by atoms with Crippen LogP contribution in [0, 0.1) is 13.8 Å². The van der Waals surface area contributed by atoms with Crippen LogP contribution in [0.2, 0.25) is 0 Å². The number of benzene rings is 2. The zero-order valence-corrected chi connectivity index (χ0v) is 11.2. The number of rotatable bonds is 3. The molecular weight excluding hydrogens is 238 g/mol. The molecule has 98 valence electrons. The summed E-state index contributed by atoms with van der Waals surface area (Å²) in [4.78, 5) is 0. The van der Waals surface area contributed by atoms with Gasteiger partial charge in [0.25, 0.3) is 0 Å². The summed E-state index contributed by atoms with van der Waals surface area (Å²) in [7, 11) is 0. The second kappa shape index (κ2) is 4.84. The minimum Gasteiger partial charge on any atom is -0.454 e. The summed E-state index contributed by atoms with van der Waals surface area (Å²) in [6.07, 6.45) is 0. The van der Waals surface area contributed by atoms with Gasteiger partial charge in [0.2, 0.25) is 6.79 Å².